The summed E-state index contributed by atoms with van der Waals surface area (Å²) in [5, 5.41) is 12.1. The third-order valence-electron chi connectivity index (χ3n) is 27.3. The maximum atomic E-state index is 6.83. The molecule has 0 saturated carbocycles. The average molecular weight is 1640 g/mol. The fourth-order valence-electron chi connectivity index (χ4n) is 21.7. The van der Waals surface area contributed by atoms with E-state index < -0.39 is 10.8 Å². The largest absolute Gasteiger partial charge is 0.456 e. The minimum absolute atomic E-state index is 0.441. The van der Waals surface area contributed by atoms with Crippen LogP contribution in [0, 0.1) is 0 Å². The van der Waals surface area contributed by atoms with Gasteiger partial charge in [-0.2, -0.15) is 0 Å². The number of para-hydroxylation sites is 6. The van der Waals surface area contributed by atoms with Crippen LogP contribution in [0.2, 0.25) is 0 Å². The minimum Gasteiger partial charge on any atom is -0.456 e. The van der Waals surface area contributed by atoms with Gasteiger partial charge < -0.3 is 23.4 Å². The van der Waals surface area contributed by atoms with Crippen molar-refractivity contribution in [1.82, 2.24) is 9.13 Å². The molecule has 0 saturated heterocycles. The van der Waals surface area contributed by atoms with Crippen molar-refractivity contribution in [1.29, 1.82) is 0 Å². The molecule has 0 spiro atoms. The Balaban J connectivity index is 0.000000140. The maximum absolute atomic E-state index is 6.83. The zero-order valence-electron chi connectivity index (χ0n) is 70.5. The SMILES string of the molecule is c1ccc(N(c2ccc(C3(c4ccccc4)c4ccccc4-c4ccccc43)cc2)c2ccc3c(ccc4cc(-c5ccc6c7ccccc7n(-c7ccccc7)c6c5)ccc43)c2)cc1.c1ccc(N(c2cccc(C3(c4ccccc4)c4ccccc4-c4ccccc43)c2)c2ccc3c(c2)oc2cc(-c4ccc5c6ccccc6n(-c6ccccc6)c5c4)ccc23)cc1. The first-order chi connectivity index (χ1) is 64.0. The lowest BCUT2D eigenvalue weighted by Crippen LogP contribution is -2.28. The van der Waals surface area contributed by atoms with Crippen molar-refractivity contribution in [3.05, 3.63) is 542 Å². The molecule has 5 nitrogen and oxygen atoms in total. The second-order valence-electron chi connectivity index (χ2n) is 34.1. The number of aromatic nitrogens is 2. The van der Waals surface area contributed by atoms with Crippen LogP contribution in [-0.2, 0) is 10.8 Å². The number of benzene rings is 21. The third-order valence-corrected chi connectivity index (χ3v) is 27.3. The van der Waals surface area contributed by atoms with Crippen molar-refractivity contribution in [3.8, 4) is 55.9 Å². The Kier molecular flexibility index (Phi) is 17.7. The van der Waals surface area contributed by atoms with Gasteiger partial charge in [-0.25, -0.2) is 0 Å². The van der Waals surface area contributed by atoms with Crippen molar-refractivity contribution in [2.75, 3.05) is 9.80 Å². The molecule has 0 atom stereocenters. The van der Waals surface area contributed by atoms with Crippen LogP contribution >= 0.6 is 0 Å². The molecule has 3 aromatic heterocycles. The summed E-state index contributed by atoms with van der Waals surface area (Å²) in [6.07, 6.45) is 0. The summed E-state index contributed by atoms with van der Waals surface area (Å²) >= 11 is 0. The fourth-order valence-corrected chi connectivity index (χ4v) is 21.7. The summed E-state index contributed by atoms with van der Waals surface area (Å²) in [6, 6.07) is 182. The Morgan fingerprint density at radius 1 is 0.178 bits per heavy atom. The minimum atomic E-state index is -0.504. The van der Waals surface area contributed by atoms with Gasteiger partial charge in [-0.05, 0) is 250 Å². The van der Waals surface area contributed by atoms with E-state index in [9.17, 15) is 0 Å². The average Bonchev–Trinajstić information content (AvgIpc) is 1.54. The van der Waals surface area contributed by atoms with Crippen LogP contribution in [0.3, 0.4) is 0 Å². The Bertz CT molecular complexity index is 8400. The van der Waals surface area contributed by atoms with E-state index in [1.165, 1.54) is 149 Å². The van der Waals surface area contributed by atoms with Gasteiger partial charge in [0, 0.05) is 83.9 Å². The molecule has 24 aromatic rings. The normalized spacial score (nSPS) is 12.8. The molecule has 0 amide bonds. The fraction of sp³-hybridized carbons (Fsp3) is 0.0161. The highest BCUT2D eigenvalue weighted by Crippen LogP contribution is 2.59. The van der Waals surface area contributed by atoms with Gasteiger partial charge in [0.15, 0.2) is 0 Å². The smallest absolute Gasteiger partial charge is 0.137 e. The van der Waals surface area contributed by atoms with E-state index in [0.29, 0.717) is 0 Å². The molecule has 604 valence electrons. The van der Waals surface area contributed by atoms with E-state index in [0.717, 1.165) is 72.9 Å². The highest BCUT2D eigenvalue weighted by molar-refractivity contribution is 6.14. The maximum Gasteiger partial charge on any atom is 0.137 e. The first-order valence-electron chi connectivity index (χ1n) is 44.5. The number of hydrogen-bond acceptors (Lipinski definition) is 3. The highest BCUT2D eigenvalue weighted by atomic mass is 16.3. The Morgan fingerprint density at radius 3 is 0.984 bits per heavy atom. The van der Waals surface area contributed by atoms with Crippen molar-refractivity contribution in [3.63, 3.8) is 0 Å². The first kappa shape index (κ1) is 74.7. The van der Waals surface area contributed by atoms with Gasteiger partial charge in [-0.15, -0.1) is 0 Å². The molecule has 2 aliphatic carbocycles. The molecule has 21 aromatic carbocycles. The number of nitrogens with zero attached hydrogens (tertiary/aromatic N) is 4. The molecule has 0 bridgehead atoms. The second kappa shape index (κ2) is 30.5. The standard InChI is InChI=1S/C63H42N2.C61H40N2O/c1-4-16-47(17-5-1)63(59-25-13-10-22-55(59)56-23-11-14-26-60(56)63)48-32-34-51(35-33-48)64(49-18-6-2-7-19-49)52-36-39-54-46(41-52)29-28-45-40-43(30-37-53(45)54)44-31-38-58-57-24-12-15-27-61(57)65(62(58)42-44)50-20-8-3-9-21-50;1-4-17-43(18-5-1)61(55-28-13-10-25-49(55)50-26-11-14-29-56(50)61)44-19-16-24-47(39-44)62(45-20-6-2-7-21-45)48-33-36-54-53-35-32-42(38-59(53)64-60(54)40-48)41-31-34-52-51-27-12-15-30-57(51)63(58(52)37-41)46-22-8-3-9-23-46/h1-42H;1-40H. The van der Waals surface area contributed by atoms with E-state index in [1.807, 2.05) is 0 Å². The topological polar surface area (TPSA) is 29.5 Å². The lowest BCUT2D eigenvalue weighted by molar-refractivity contribution is 0.669. The Labute approximate surface area is 748 Å². The summed E-state index contributed by atoms with van der Waals surface area (Å²) in [6.45, 7) is 0. The van der Waals surface area contributed by atoms with Gasteiger partial charge in [-0.1, -0.05) is 352 Å². The zero-order valence-corrected chi connectivity index (χ0v) is 70.5. The van der Waals surface area contributed by atoms with Crippen LogP contribution in [0.5, 0.6) is 0 Å². The molecule has 3 heterocycles. The summed E-state index contributed by atoms with van der Waals surface area (Å²) in [4.78, 5) is 4.74. The number of rotatable bonds is 14. The molecule has 0 N–H and O–H groups in total. The first-order valence-corrected chi connectivity index (χ1v) is 44.5. The lowest BCUT2D eigenvalue weighted by atomic mass is 9.67. The van der Waals surface area contributed by atoms with Gasteiger partial charge in [0.25, 0.3) is 0 Å². The van der Waals surface area contributed by atoms with Crippen LogP contribution in [0.4, 0.5) is 34.1 Å². The molecule has 0 unspecified atom stereocenters. The predicted octanol–water partition coefficient (Wildman–Crippen LogP) is 32.8. The molecule has 2 aliphatic rings. The molecule has 0 radical (unpaired) electrons. The lowest BCUT2D eigenvalue weighted by Gasteiger charge is -2.35. The molecular weight excluding hydrogens is 1560 g/mol. The number of anilines is 6. The molecular formula is C124H82N4O. The molecule has 26 rings (SSSR count). The van der Waals surface area contributed by atoms with Crippen LogP contribution < -0.4 is 9.80 Å². The summed E-state index contributed by atoms with van der Waals surface area (Å²) in [7, 11) is 0. The predicted molar refractivity (Wildman–Crippen MR) is 539 cm³/mol. The van der Waals surface area contributed by atoms with E-state index in [4.69, 9.17) is 4.42 Å². The number of hydrogen-bond donors (Lipinski definition) is 0. The summed E-state index contributed by atoms with van der Waals surface area (Å²) < 4.78 is 11.6. The van der Waals surface area contributed by atoms with Gasteiger partial charge >= 0.3 is 0 Å². The van der Waals surface area contributed by atoms with Crippen molar-refractivity contribution in [2.24, 2.45) is 0 Å². The third kappa shape index (κ3) is 12.0. The molecule has 129 heavy (non-hydrogen) atoms. The summed E-state index contributed by atoms with van der Waals surface area (Å²) in [5.41, 5.74) is 34.4. The second-order valence-corrected chi connectivity index (χ2v) is 34.1. The summed E-state index contributed by atoms with van der Waals surface area (Å²) in [5.74, 6) is 0. The van der Waals surface area contributed by atoms with Crippen molar-refractivity contribution in [2.45, 2.75) is 10.8 Å². The van der Waals surface area contributed by atoms with Crippen molar-refractivity contribution < 1.29 is 4.42 Å². The van der Waals surface area contributed by atoms with E-state index in [-0.39, 0.29) is 0 Å². The number of fused-ring (bicyclic) bond motifs is 18. The zero-order chi connectivity index (χ0) is 85.1. The van der Waals surface area contributed by atoms with E-state index in [2.05, 4.69) is 516 Å². The Hall–Kier alpha value is -16.9. The Morgan fingerprint density at radius 2 is 0.488 bits per heavy atom. The van der Waals surface area contributed by atoms with Gasteiger partial charge in [0.2, 0.25) is 0 Å². The van der Waals surface area contributed by atoms with Gasteiger partial charge in [0.05, 0.1) is 32.9 Å². The molecule has 5 heteroatoms. The monoisotopic (exact) mass is 1640 g/mol. The van der Waals surface area contributed by atoms with Crippen molar-refractivity contribution >= 4 is 121 Å². The van der Waals surface area contributed by atoms with Crippen LogP contribution in [-0.4, -0.2) is 9.13 Å². The quantitative estimate of drug-likeness (QED) is 0.102. The van der Waals surface area contributed by atoms with Crippen LogP contribution in [0.15, 0.2) is 502 Å². The van der Waals surface area contributed by atoms with Gasteiger partial charge in [-0.3, -0.25) is 0 Å². The number of furan rings is 1. The molecule has 0 fully saturated rings. The van der Waals surface area contributed by atoms with E-state index >= 15 is 0 Å². The molecule has 0 aliphatic heterocycles. The van der Waals surface area contributed by atoms with Gasteiger partial charge in [0.1, 0.15) is 11.2 Å². The van der Waals surface area contributed by atoms with Crippen LogP contribution in [0.1, 0.15) is 44.5 Å². The van der Waals surface area contributed by atoms with Crippen LogP contribution in [0.25, 0.3) is 143 Å². The van der Waals surface area contributed by atoms with E-state index in [1.54, 1.807) is 0 Å². The highest BCUT2D eigenvalue weighted by Gasteiger charge is 2.48.